The van der Waals surface area contributed by atoms with Crippen LogP contribution in [-0.4, -0.2) is 35.8 Å². The third kappa shape index (κ3) is 2.97. The van der Waals surface area contributed by atoms with Gasteiger partial charge in [0.1, 0.15) is 0 Å². The van der Waals surface area contributed by atoms with Crippen LogP contribution in [0.25, 0.3) is 0 Å². The first kappa shape index (κ1) is 14.5. The van der Waals surface area contributed by atoms with Gasteiger partial charge in [0.25, 0.3) is 5.91 Å². The Balaban J connectivity index is 1.79. The van der Waals surface area contributed by atoms with Crippen LogP contribution in [0, 0.1) is 0 Å². The van der Waals surface area contributed by atoms with Crippen molar-refractivity contribution in [3.63, 3.8) is 0 Å². The van der Waals surface area contributed by atoms with Crippen LogP contribution in [0.5, 0.6) is 0 Å². The molecule has 0 aliphatic carbocycles. The topological polar surface area (TPSA) is 40.6 Å². The van der Waals surface area contributed by atoms with E-state index >= 15 is 0 Å². The monoisotopic (exact) mass is 306 g/mol. The highest BCUT2D eigenvalue weighted by molar-refractivity contribution is 6.30. The van der Waals surface area contributed by atoms with E-state index in [0.717, 1.165) is 25.9 Å². The molecule has 1 atom stereocenters. The SMILES string of the molecule is O=C1C[C@H](N2CCCCCC2)C(=O)N1c1ccc(Cl)cc1. The molecular weight excluding hydrogens is 288 g/mol. The molecule has 0 aromatic heterocycles. The number of hydrogen-bond donors (Lipinski definition) is 0. The molecule has 2 aliphatic rings. The molecule has 21 heavy (non-hydrogen) atoms. The molecule has 2 saturated heterocycles. The van der Waals surface area contributed by atoms with Crippen LogP contribution >= 0.6 is 11.6 Å². The smallest absolute Gasteiger partial charge is 0.251 e. The lowest BCUT2D eigenvalue weighted by Crippen LogP contribution is -2.42. The first-order chi connectivity index (χ1) is 10.2. The number of imide groups is 1. The lowest BCUT2D eigenvalue weighted by molar-refractivity contribution is -0.122. The molecule has 0 unspecified atom stereocenters. The Bertz CT molecular complexity index is 536. The molecule has 1 aromatic rings. The first-order valence-electron chi connectivity index (χ1n) is 7.53. The molecule has 2 fully saturated rings. The average Bonchev–Trinajstić information content (AvgIpc) is 2.69. The lowest BCUT2D eigenvalue weighted by Gasteiger charge is -2.25. The van der Waals surface area contributed by atoms with Crippen molar-refractivity contribution >= 4 is 29.1 Å². The first-order valence-corrected chi connectivity index (χ1v) is 7.91. The van der Waals surface area contributed by atoms with Crippen LogP contribution < -0.4 is 4.90 Å². The molecule has 0 bridgehead atoms. The zero-order valence-corrected chi connectivity index (χ0v) is 12.7. The van der Waals surface area contributed by atoms with Gasteiger partial charge in [-0.25, -0.2) is 4.90 Å². The van der Waals surface area contributed by atoms with Crippen molar-refractivity contribution in [1.82, 2.24) is 4.90 Å². The highest BCUT2D eigenvalue weighted by atomic mass is 35.5. The number of likely N-dealkylation sites (tertiary alicyclic amines) is 1. The maximum absolute atomic E-state index is 12.6. The minimum absolute atomic E-state index is 0.0933. The van der Waals surface area contributed by atoms with Crippen LogP contribution in [0.3, 0.4) is 0 Å². The van der Waals surface area contributed by atoms with Gasteiger partial charge < -0.3 is 0 Å². The zero-order valence-electron chi connectivity index (χ0n) is 11.9. The second-order valence-electron chi connectivity index (χ2n) is 5.71. The number of carbonyl (C=O) groups excluding carboxylic acids is 2. The van der Waals surface area contributed by atoms with Gasteiger partial charge in [-0.05, 0) is 50.2 Å². The quantitative estimate of drug-likeness (QED) is 0.789. The van der Waals surface area contributed by atoms with E-state index in [4.69, 9.17) is 11.6 Å². The predicted molar refractivity (Wildman–Crippen MR) is 82.4 cm³/mol. The van der Waals surface area contributed by atoms with Crippen molar-refractivity contribution in [1.29, 1.82) is 0 Å². The third-order valence-corrected chi connectivity index (χ3v) is 4.54. The van der Waals surface area contributed by atoms with Crippen LogP contribution in [0.2, 0.25) is 5.02 Å². The van der Waals surface area contributed by atoms with E-state index in [1.54, 1.807) is 24.3 Å². The zero-order chi connectivity index (χ0) is 14.8. The lowest BCUT2D eigenvalue weighted by atomic mass is 10.2. The van der Waals surface area contributed by atoms with Crippen LogP contribution in [0.15, 0.2) is 24.3 Å². The van der Waals surface area contributed by atoms with E-state index in [-0.39, 0.29) is 17.9 Å². The van der Waals surface area contributed by atoms with Gasteiger partial charge in [0.05, 0.1) is 18.2 Å². The molecule has 112 valence electrons. The second kappa shape index (κ2) is 6.16. The van der Waals surface area contributed by atoms with Crippen molar-refractivity contribution in [3.05, 3.63) is 29.3 Å². The van der Waals surface area contributed by atoms with E-state index in [1.807, 2.05) is 0 Å². The molecule has 0 saturated carbocycles. The summed E-state index contributed by atoms with van der Waals surface area (Å²) in [5.41, 5.74) is 0.617. The predicted octanol–water partition coefficient (Wildman–Crippen LogP) is 2.85. The number of benzene rings is 1. The third-order valence-electron chi connectivity index (χ3n) is 4.29. The summed E-state index contributed by atoms with van der Waals surface area (Å²) in [4.78, 5) is 28.4. The maximum atomic E-state index is 12.6. The molecule has 4 nitrogen and oxygen atoms in total. The van der Waals surface area contributed by atoms with Crippen molar-refractivity contribution in [2.75, 3.05) is 18.0 Å². The summed E-state index contributed by atoms with van der Waals surface area (Å²) >= 11 is 5.86. The molecule has 2 aliphatic heterocycles. The summed E-state index contributed by atoms with van der Waals surface area (Å²) in [5, 5.41) is 0.599. The van der Waals surface area contributed by atoms with Crippen molar-refractivity contribution in [2.24, 2.45) is 0 Å². The largest absolute Gasteiger partial charge is 0.292 e. The van der Waals surface area contributed by atoms with Crippen LogP contribution in [0.4, 0.5) is 5.69 Å². The Labute approximate surface area is 129 Å². The summed E-state index contributed by atoms with van der Waals surface area (Å²) < 4.78 is 0. The summed E-state index contributed by atoms with van der Waals surface area (Å²) in [5.74, 6) is -0.208. The molecule has 5 heteroatoms. The number of hydrogen-bond acceptors (Lipinski definition) is 3. The molecule has 1 aromatic carbocycles. The minimum atomic E-state index is -0.286. The molecular formula is C16H19ClN2O2. The Morgan fingerprint density at radius 1 is 0.952 bits per heavy atom. The molecule has 2 amide bonds. The normalized spacial score (nSPS) is 24.4. The van der Waals surface area contributed by atoms with E-state index in [1.165, 1.54) is 17.7 Å². The number of nitrogens with zero attached hydrogens (tertiary/aromatic N) is 2. The number of amides is 2. The summed E-state index contributed by atoms with van der Waals surface area (Å²) in [6.45, 7) is 1.83. The van der Waals surface area contributed by atoms with Gasteiger partial charge >= 0.3 is 0 Å². The fraction of sp³-hybridized carbons (Fsp3) is 0.500. The Morgan fingerprint density at radius 2 is 1.57 bits per heavy atom. The van der Waals surface area contributed by atoms with Gasteiger partial charge in [-0.2, -0.15) is 0 Å². The number of rotatable bonds is 2. The molecule has 0 N–H and O–H groups in total. The summed E-state index contributed by atoms with van der Waals surface area (Å²) in [6, 6.07) is 6.57. The van der Waals surface area contributed by atoms with E-state index < -0.39 is 0 Å². The van der Waals surface area contributed by atoms with Gasteiger partial charge in [-0.3, -0.25) is 14.5 Å². The minimum Gasteiger partial charge on any atom is -0.292 e. The summed E-state index contributed by atoms with van der Waals surface area (Å²) in [6.07, 6.45) is 4.94. The van der Waals surface area contributed by atoms with Gasteiger partial charge in [0.2, 0.25) is 5.91 Å². The number of carbonyl (C=O) groups is 2. The highest BCUT2D eigenvalue weighted by Gasteiger charge is 2.42. The standard InChI is InChI=1S/C16H19ClN2O2/c17-12-5-7-13(8-6-12)19-15(20)11-14(16(19)21)18-9-3-1-2-4-10-18/h5-8,14H,1-4,9-11H2/t14-/m0/s1. The van der Waals surface area contributed by atoms with Crippen molar-refractivity contribution in [3.8, 4) is 0 Å². The van der Waals surface area contributed by atoms with Gasteiger partial charge in [0.15, 0.2) is 0 Å². The molecule has 3 rings (SSSR count). The number of anilines is 1. The fourth-order valence-corrected chi connectivity index (χ4v) is 3.30. The van der Waals surface area contributed by atoms with Gasteiger partial charge in [-0.15, -0.1) is 0 Å². The van der Waals surface area contributed by atoms with E-state index in [9.17, 15) is 9.59 Å². The Morgan fingerprint density at radius 3 is 2.19 bits per heavy atom. The van der Waals surface area contributed by atoms with E-state index in [2.05, 4.69) is 4.90 Å². The Hall–Kier alpha value is -1.39. The molecule has 0 radical (unpaired) electrons. The van der Waals surface area contributed by atoms with Gasteiger partial charge in [0, 0.05) is 5.02 Å². The Kier molecular flexibility index (Phi) is 4.27. The highest BCUT2D eigenvalue weighted by Crippen LogP contribution is 2.28. The molecule has 2 heterocycles. The summed E-state index contributed by atoms with van der Waals surface area (Å²) in [7, 11) is 0. The molecule has 0 spiro atoms. The van der Waals surface area contributed by atoms with Crippen molar-refractivity contribution < 1.29 is 9.59 Å². The van der Waals surface area contributed by atoms with E-state index in [0.29, 0.717) is 17.1 Å². The average molecular weight is 307 g/mol. The van der Waals surface area contributed by atoms with Crippen molar-refractivity contribution in [2.45, 2.75) is 38.1 Å². The second-order valence-corrected chi connectivity index (χ2v) is 6.15. The van der Waals surface area contributed by atoms with Crippen LogP contribution in [-0.2, 0) is 9.59 Å². The van der Waals surface area contributed by atoms with Gasteiger partial charge in [-0.1, -0.05) is 24.4 Å². The number of halogens is 1. The fourth-order valence-electron chi connectivity index (χ4n) is 3.17. The maximum Gasteiger partial charge on any atom is 0.251 e. The van der Waals surface area contributed by atoms with Crippen LogP contribution in [0.1, 0.15) is 32.1 Å².